The van der Waals surface area contributed by atoms with Crippen molar-refractivity contribution in [3.8, 4) is 0 Å². The van der Waals surface area contributed by atoms with E-state index in [0.29, 0.717) is 0 Å². The van der Waals surface area contributed by atoms with Gasteiger partial charge in [-0.05, 0) is 42.5 Å². The van der Waals surface area contributed by atoms with Gasteiger partial charge in [-0.3, -0.25) is 0 Å². The number of nitrogens with two attached hydrogens (primary N) is 1. The summed E-state index contributed by atoms with van der Waals surface area (Å²) in [4.78, 5) is 5.69. The van der Waals surface area contributed by atoms with Gasteiger partial charge in [0.1, 0.15) is 0 Å². The molecule has 5 heteroatoms. The standard InChI is InChI=1S/C13H9ClN2S2/c14-8-1-6-12-11(7-8)16-13(18-12)17-10-4-2-9(15)3-5-10/h1-7H,15H2. The Hall–Kier alpha value is -1.23. The van der Waals surface area contributed by atoms with Gasteiger partial charge in [-0.1, -0.05) is 23.4 Å². The monoisotopic (exact) mass is 292 g/mol. The number of hydrogen-bond donors (Lipinski definition) is 1. The number of nitrogens with zero attached hydrogens (tertiary/aromatic N) is 1. The van der Waals surface area contributed by atoms with Gasteiger partial charge in [-0.2, -0.15) is 0 Å². The zero-order valence-corrected chi connectivity index (χ0v) is 11.6. The Morgan fingerprint density at radius 3 is 2.67 bits per heavy atom. The van der Waals surface area contributed by atoms with Gasteiger partial charge in [0.2, 0.25) is 0 Å². The van der Waals surface area contributed by atoms with Crippen molar-refractivity contribution >= 4 is 50.6 Å². The van der Waals surface area contributed by atoms with E-state index in [1.54, 1.807) is 23.1 Å². The normalized spacial score (nSPS) is 10.9. The maximum atomic E-state index is 5.95. The molecule has 0 fully saturated rings. The molecule has 2 nitrogen and oxygen atoms in total. The van der Waals surface area contributed by atoms with Gasteiger partial charge in [0.25, 0.3) is 0 Å². The van der Waals surface area contributed by atoms with E-state index in [9.17, 15) is 0 Å². The Kier molecular flexibility index (Phi) is 3.16. The number of benzene rings is 2. The van der Waals surface area contributed by atoms with E-state index in [1.165, 1.54) is 0 Å². The molecule has 18 heavy (non-hydrogen) atoms. The Balaban J connectivity index is 1.92. The van der Waals surface area contributed by atoms with Crippen LogP contribution >= 0.6 is 34.7 Å². The van der Waals surface area contributed by atoms with E-state index in [-0.39, 0.29) is 0 Å². The molecule has 3 rings (SSSR count). The van der Waals surface area contributed by atoms with Gasteiger partial charge in [-0.15, -0.1) is 11.3 Å². The van der Waals surface area contributed by atoms with Crippen molar-refractivity contribution in [1.29, 1.82) is 0 Å². The smallest absolute Gasteiger partial charge is 0.155 e. The Morgan fingerprint density at radius 1 is 1.11 bits per heavy atom. The fourth-order valence-electron chi connectivity index (χ4n) is 1.56. The highest BCUT2D eigenvalue weighted by atomic mass is 35.5. The maximum Gasteiger partial charge on any atom is 0.155 e. The number of nitrogen functional groups attached to an aromatic ring is 1. The van der Waals surface area contributed by atoms with Gasteiger partial charge in [0, 0.05) is 15.6 Å². The minimum Gasteiger partial charge on any atom is -0.399 e. The molecule has 0 aliphatic carbocycles. The van der Waals surface area contributed by atoms with Crippen LogP contribution in [0.15, 0.2) is 51.7 Å². The topological polar surface area (TPSA) is 38.9 Å². The summed E-state index contributed by atoms with van der Waals surface area (Å²) in [7, 11) is 0. The lowest BCUT2D eigenvalue weighted by Gasteiger charge is -1.97. The lowest BCUT2D eigenvalue weighted by molar-refractivity contribution is 1.29. The Labute approximate surface area is 118 Å². The van der Waals surface area contributed by atoms with E-state index in [1.807, 2.05) is 42.5 Å². The maximum absolute atomic E-state index is 5.95. The first-order valence-corrected chi connectivity index (χ1v) is 7.31. The van der Waals surface area contributed by atoms with E-state index >= 15 is 0 Å². The highest BCUT2D eigenvalue weighted by Gasteiger charge is 2.06. The molecule has 0 saturated carbocycles. The number of rotatable bonds is 2. The summed E-state index contributed by atoms with van der Waals surface area (Å²) in [6.45, 7) is 0. The van der Waals surface area contributed by atoms with Crippen LogP contribution in [0.3, 0.4) is 0 Å². The molecule has 1 heterocycles. The third-order valence-electron chi connectivity index (χ3n) is 2.42. The van der Waals surface area contributed by atoms with Crippen molar-refractivity contribution < 1.29 is 0 Å². The molecule has 0 aliphatic heterocycles. The molecule has 3 aromatic rings. The third-order valence-corrected chi connectivity index (χ3v) is 4.76. The first-order chi connectivity index (χ1) is 8.70. The van der Waals surface area contributed by atoms with Crippen molar-refractivity contribution in [2.24, 2.45) is 0 Å². The van der Waals surface area contributed by atoms with Crippen LogP contribution in [0.25, 0.3) is 10.2 Å². The molecule has 0 spiro atoms. The molecule has 1 aromatic heterocycles. The predicted octanol–water partition coefficient (Wildman–Crippen LogP) is 4.68. The van der Waals surface area contributed by atoms with E-state index in [2.05, 4.69) is 4.98 Å². The van der Waals surface area contributed by atoms with E-state index in [4.69, 9.17) is 17.3 Å². The van der Waals surface area contributed by atoms with Crippen LogP contribution in [0.4, 0.5) is 5.69 Å². The van der Waals surface area contributed by atoms with Crippen LogP contribution in [0.1, 0.15) is 0 Å². The number of thiazole rings is 1. The second-order valence-corrected chi connectivity index (χ2v) is 6.55. The number of halogens is 1. The van der Waals surface area contributed by atoms with E-state index in [0.717, 1.165) is 30.2 Å². The van der Waals surface area contributed by atoms with Crippen molar-refractivity contribution in [3.63, 3.8) is 0 Å². The molecule has 0 atom stereocenters. The molecule has 90 valence electrons. The summed E-state index contributed by atoms with van der Waals surface area (Å²) >= 11 is 9.25. The summed E-state index contributed by atoms with van der Waals surface area (Å²) in [5, 5.41) is 0.719. The fraction of sp³-hybridized carbons (Fsp3) is 0. The minimum atomic E-state index is 0.719. The first-order valence-electron chi connectivity index (χ1n) is 5.30. The highest BCUT2D eigenvalue weighted by Crippen LogP contribution is 2.35. The van der Waals surface area contributed by atoms with Gasteiger partial charge in [0.05, 0.1) is 10.2 Å². The highest BCUT2D eigenvalue weighted by molar-refractivity contribution is 8.01. The van der Waals surface area contributed by atoms with Crippen LogP contribution in [0, 0.1) is 0 Å². The van der Waals surface area contributed by atoms with Crippen molar-refractivity contribution in [3.05, 3.63) is 47.5 Å². The van der Waals surface area contributed by atoms with Crippen LogP contribution in [0.5, 0.6) is 0 Å². The number of hydrogen-bond acceptors (Lipinski definition) is 4. The zero-order valence-electron chi connectivity index (χ0n) is 9.26. The predicted molar refractivity (Wildman–Crippen MR) is 79.6 cm³/mol. The summed E-state index contributed by atoms with van der Waals surface area (Å²) in [6, 6.07) is 13.6. The summed E-state index contributed by atoms with van der Waals surface area (Å²) in [5.41, 5.74) is 7.38. The average Bonchev–Trinajstić information content (AvgIpc) is 2.73. The fourth-order valence-corrected chi connectivity index (χ4v) is 3.75. The average molecular weight is 293 g/mol. The molecule has 0 aliphatic rings. The molecular formula is C13H9ClN2S2. The SMILES string of the molecule is Nc1ccc(Sc2nc3cc(Cl)ccc3s2)cc1. The summed E-state index contributed by atoms with van der Waals surface area (Å²) in [5.74, 6) is 0. The molecule has 0 saturated heterocycles. The molecule has 0 unspecified atom stereocenters. The van der Waals surface area contributed by atoms with Gasteiger partial charge >= 0.3 is 0 Å². The molecular weight excluding hydrogens is 284 g/mol. The molecule has 0 bridgehead atoms. The zero-order chi connectivity index (χ0) is 12.5. The van der Waals surface area contributed by atoms with Gasteiger partial charge in [0.15, 0.2) is 4.34 Å². The molecule has 2 aromatic carbocycles. The first kappa shape index (κ1) is 11.8. The quantitative estimate of drug-likeness (QED) is 0.697. The summed E-state index contributed by atoms with van der Waals surface area (Å²) < 4.78 is 2.16. The van der Waals surface area contributed by atoms with E-state index < -0.39 is 0 Å². The second kappa shape index (κ2) is 4.80. The number of aromatic nitrogens is 1. The number of fused-ring (bicyclic) bond motifs is 1. The van der Waals surface area contributed by atoms with Crippen LogP contribution in [-0.2, 0) is 0 Å². The van der Waals surface area contributed by atoms with Crippen LogP contribution in [0.2, 0.25) is 5.02 Å². The Morgan fingerprint density at radius 2 is 1.89 bits per heavy atom. The largest absolute Gasteiger partial charge is 0.399 e. The minimum absolute atomic E-state index is 0.719. The van der Waals surface area contributed by atoms with Crippen molar-refractivity contribution in [1.82, 2.24) is 4.98 Å². The van der Waals surface area contributed by atoms with Crippen molar-refractivity contribution in [2.45, 2.75) is 9.24 Å². The Bertz CT molecular complexity index is 692. The lowest BCUT2D eigenvalue weighted by Crippen LogP contribution is -1.82. The van der Waals surface area contributed by atoms with Crippen LogP contribution in [-0.4, -0.2) is 4.98 Å². The third kappa shape index (κ3) is 2.46. The molecule has 2 N–H and O–H groups in total. The number of anilines is 1. The van der Waals surface area contributed by atoms with Crippen molar-refractivity contribution in [2.75, 3.05) is 5.73 Å². The summed E-state index contributed by atoms with van der Waals surface area (Å²) in [6.07, 6.45) is 0. The van der Waals surface area contributed by atoms with Gasteiger partial charge < -0.3 is 5.73 Å². The molecule has 0 amide bonds. The van der Waals surface area contributed by atoms with Crippen LogP contribution < -0.4 is 5.73 Å². The van der Waals surface area contributed by atoms with Gasteiger partial charge in [-0.25, -0.2) is 4.98 Å². The second-order valence-electron chi connectivity index (χ2n) is 3.76. The lowest BCUT2D eigenvalue weighted by atomic mass is 10.3. The molecule has 0 radical (unpaired) electrons.